The largest absolute Gasteiger partial charge is 0.385 e. The molecule has 0 radical (unpaired) electrons. The van der Waals surface area contributed by atoms with E-state index in [0.29, 0.717) is 13.0 Å². The lowest BCUT2D eigenvalue weighted by Gasteiger charge is -2.10. The molecule has 0 aliphatic carbocycles. The Morgan fingerprint density at radius 2 is 1.94 bits per heavy atom. The summed E-state index contributed by atoms with van der Waals surface area (Å²) >= 11 is 0. The van der Waals surface area contributed by atoms with Gasteiger partial charge in [0.1, 0.15) is 9.84 Å². The molecule has 0 amide bonds. The summed E-state index contributed by atoms with van der Waals surface area (Å²) in [5, 5.41) is 3.29. The molecule has 4 heteroatoms. The van der Waals surface area contributed by atoms with Gasteiger partial charge < -0.3 is 5.32 Å². The number of sulfone groups is 1. The van der Waals surface area contributed by atoms with Crippen LogP contribution in [0.2, 0.25) is 0 Å². The zero-order valence-corrected chi connectivity index (χ0v) is 11.6. The molecule has 0 heterocycles. The topological polar surface area (TPSA) is 46.2 Å². The second-order valence-corrected chi connectivity index (χ2v) is 6.81. The van der Waals surface area contributed by atoms with E-state index in [1.165, 1.54) is 11.1 Å². The van der Waals surface area contributed by atoms with Gasteiger partial charge >= 0.3 is 0 Å². The fourth-order valence-electron chi connectivity index (χ4n) is 1.59. The maximum atomic E-state index is 11.3. The van der Waals surface area contributed by atoms with Crippen molar-refractivity contribution in [2.45, 2.75) is 27.2 Å². The van der Waals surface area contributed by atoms with Crippen LogP contribution < -0.4 is 5.32 Å². The molecule has 0 fully saturated rings. The van der Waals surface area contributed by atoms with Gasteiger partial charge in [-0.05, 0) is 37.5 Å². The van der Waals surface area contributed by atoms with E-state index in [1.54, 1.807) is 6.92 Å². The lowest BCUT2D eigenvalue weighted by molar-refractivity contribution is 0.595. The number of hydrogen-bond acceptors (Lipinski definition) is 3. The first-order valence-corrected chi connectivity index (χ1v) is 7.78. The van der Waals surface area contributed by atoms with E-state index < -0.39 is 9.84 Å². The molecule has 1 N–H and O–H groups in total. The molecule has 1 aromatic carbocycles. The first-order valence-electron chi connectivity index (χ1n) is 5.96. The van der Waals surface area contributed by atoms with Crippen LogP contribution in [0.25, 0.3) is 0 Å². The summed E-state index contributed by atoms with van der Waals surface area (Å²) in [6.07, 6.45) is 0.656. The third kappa shape index (κ3) is 4.77. The first kappa shape index (κ1) is 14.0. The van der Waals surface area contributed by atoms with E-state index >= 15 is 0 Å². The lowest BCUT2D eigenvalue weighted by Crippen LogP contribution is -2.13. The minimum Gasteiger partial charge on any atom is -0.385 e. The summed E-state index contributed by atoms with van der Waals surface area (Å²) in [5.74, 6) is 0.498. The molecule has 0 aromatic heterocycles. The van der Waals surface area contributed by atoms with Gasteiger partial charge in [0.15, 0.2) is 0 Å². The molecule has 0 aliphatic rings. The summed E-state index contributed by atoms with van der Waals surface area (Å²) in [6.45, 7) is 6.48. The fraction of sp³-hybridized carbons (Fsp3) is 0.538. The van der Waals surface area contributed by atoms with Gasteiger partial charge in [0, 0.05) is 18.0 Å². The molecular formula is C13H21NO2S. The van der Waals surface area contributed by atoms with Crippen molar-refractivity contribution in [2.75, 3.05) is 23.4 Å². The summed E-state index contributed by atoms with van der Waals surface area (Å²) in [6, 6.07) is 6.23. The van der Waals surface area contributed by atoms with Crippen LogP contribution in [-0.4, -0.2) is 26.5 Å². The SMILES string of the molecule is CCS(=O)(=O)CCCNc1cc(C)ccc1C. The Labute approximate surface area is 104 Å². The van der Waals surface area contributed by atoms with E-state index in [1.807, 2.05) is 13.8 Å². The van der Waals surface area contributed by atoms with Crippen LogP contribution in [0.3, 0.4) is 0 Å². The zero-order valence-electron chi connectivity index (χ0n) is 10.8. The van der Waals surface area contributed by atoms with E-state index in [2.05, 4.69) is 23.5 Å². The second-order valence-electron chi connectivity index (χ2n) is 4.34. The molecule has 0 saturated heterocycles. The molecule has 1 aromatic rings. The lowest BCUT2D eigenvalue weighted by atomic mass is 10.1. The van der Waals surface area contributed by atoms with Crippen LogP contribution >= 0.6 is 0 Å². The fourth-order valence-corrected chi connectivity index (χ4v) is 2.46. The highest BCUT2D eigenvalue weighted by atomic mass is 32.2. The van der Waals surface area contributed by atoms with Crippen molar-refractivity contribution in [2.24, 2.45) is 0 Å². The Morgan fingerprint density at radius 3 is 2.59 bits per heavy atom. The van der Waals surface area contributed by atoms with Crippen molar-refractivity contribution < 1.29 is 8.42 Å². The third-order valence-corrected chi connectivity index (χ3v) is 4.57. The predicted molar refractivity (Wildman–Crippen MR) is 73.4 cm³/mol. The standard InChI is InChI=1S/C13H21NO2S/c1-4-17(15,16)9-5-8-14-13-10-11(2)6-7-12(13)3/h6-7,10,14H,4-5,8-9H2,1-3H3. The van der Waals surface area contributed by atoms with Crippen LogP contribution in [0.5, 0.6) is 0 Å². The number of nitrogens with one attached hydrogen (secondary N) is 1. The molecule has 0 unspecified atom stereocenters. The second kappa shape index (κ2) is 6.05. The number of hydrogen-bond donors (Lipinski definition) is 1. The van der Waals surface area contributed by atoms with Crippen molar-refractivity contribution in [1.82, 2.24) is 0 Å². The zero-order chi connectivity index (χ0) is 12.9. The Balaban J connectivity index is 2.44. The summed E-state index contributed by atoms with van der Waals surface area (Å²) in [5.41, 5.74) is 3.49. The van der Waals surface area contributed by atoms with Gasteiger partial charge in [-0.3, -0.25) is 0 Å². The highest BCUT2D eigenvalue weighted by Gasteiger charge is 2.06. The van der Waals surface area contributed by atoms with Crippen LogP contribution in [0.15, 0.2) is 18.2 Å². The number of rotatable bonds is 6. The van der Waals surface area contributed by atoms with Gasteiger partial charge in [0.25, 0.3) is 0 Å². The Bertz CT molecular complexity index is 466. The monoisotopic (exact) mass is 255 g/mol. The number of aryl methyl sites for hydroxylation is 2. The molecule has 17 heavy (non-hydrogen) atoms. The van der Waals surface area contributed by atoms with Crippen LogP contribution in [0.4, 0.5) is 5.69 Å². The van der Waals surface area contributed by atoms with E-state index in [0.717, 1.165) is 5.69 Å². The summed E-state index contributed by atoms with van der Waals surface area (Å²) < 4.78 is 22.6. The van der Waals surface area contributed by atoms with Crippen molar-refractivity contribution in [3.05, 3.63) is 29.3 Å². The average Bonchev–Trinajstić information content (AvgIpc) is 2.29. The molecule has 0 atom stereocenters. The van der Waals surface area contributed by atoms with Gasteiger partial charge in [-0.25, -0.2) is 8.42 Å². The minimum atomic E-state index is -2.83. The first-order chi connectivity index (χ1) is 7.94. The van der Waals surface area contributed by atoms with E-state index in [4.69, 9.17) is 0 Å². The maximum Gasteiger partial charge on any atom is 0.150 e. The molecule has 0 spiro atoms. The van der Waals surface area contributed by atoms with Gasteiger partial charge in [-0.2, -0.15) is 0 Å². The smallest absolute Gasteiger partial charge is 0.150 e. The van der Waals surface area contributed by atoms with E-state index in [-0.39, 0.29) is 11.5 Å². The quantitative estimate of drug-likeness (QED) is 0.795. The van der Waals surface area contributed by atoms with Crippen LogP contribution in [0, 0.1) is 13.8 Å². The summed E-state index contributed by atoms with van der Waals surface area (Å²) in [4.78, 5) is 0. The normalized spacial score (nSPS) is 11.5. The molecule has 3 nitrogen and oxygen atoms in total. The molecule has 0 saturated carbocycles. The highest BCUT2D eigenvalue weighted by molar-refractivity contribution is 7.91. The highest BCUT2D eigenvalue weighted by Crippen LogP contribution is 2.16. The molecular weight excluding hydrogens is 234 g/mol. The van der Waals surface area contributed by atoms with Crippen LogP contribution in [-0.2, 0) is 9.84 Å². The average molecular weight is 255 g/mol. The third-order valence-electron chi connectivity index (χ3n) is 2.78. The number of benzene rings is 1. The predicted octanol–water partition coefficient (Wildman–Crippen LogP) is 2.54. The molecule has 96 valence electrons. The van der Waals surface area contributed by atoms with Crippen molar-refractivity contribution >= 4 is 15.5 Å². The van der Waals surface area contributed by atoms with Gasteiger partial charge in [0.2, 0.25) is 0 Å². The van der Waals surface area contributed by atoms with Crippen molar-refractivity contribution in [3.8, 4) is 0 Å². The Hall–Kier alpha value is -1.03. The van der Waals surface area contributed by atoms with Crippen molar-refractivity contribution in [3.63, 3.8) is 0 Å². The van der Waals surface area contributed by atoms with Gasteiger partial charge in [0.05, 0.1) is 5.75 Å². The minimum absolute atomic E-state index is 0.233. The van der Waals surface area contributed by atoms with Crippen molar-refractivity contribution in [1.29, 1.82) is 0 Å². The molecule has 0 bridgehead atoms. The molecule has 1 rings (SSSR count). The van der Waals surface area contributed by atoms with Gasteiger partial charge in [-0.1, -0.05) is 19.1 Å². The molecule has 0 aliphatic heterocycles. The Kier molecular flexibility index (Phi) is 5.00. The maximum absolute atomic E-state index is 11.3. The van der Waals surface area contributed by atoms with Crippen LogP contribution in [0.1, 0.15) is 24.5 Å². The summed E-state index contributed by atoms with van der Waals surface area (Å²) in [7, 11) is -2.83. The van der Waals surface area contributed by atoms with Gasteiger partial charge in [-0.15, -0.1) is 0 Å². The Morgan fingerprint density at radius 1 is 1.24 bits per heavy atom. The number of anilines is 1. The van der Waals surface area contributed by atoms with E-state index in [9.17, 15) is 8.42 Å².